The molecule has 6 heteroatoms. The maximum absolute atomic E-state index is 11.5. The number of rotatable bonds is 4. The van der Waals surface area contributed by atoms with Crippen LogP contribution in [0.5, 0.6) is 5.75 Å². The van der Waals surface area contributed by atoms with E-state index >= 15 is 0 Å². The first-order valence-corrected chi connectivity index (χ1v) is 8.58. The van der Waals surface area contributed by atoms with Crippen LogP contribution in [0.3, 0.4) is 0 Å². The summed E-state index contributed by atoms with van der Waals surface area (Å²) in [5.41, 5.74) is 1.02. The summed E-state index contributed by atoms with van der Waals surface area (Å²) in [4.78, 5) is 19.6. The molecule has 1 saturated heterocycles. The highest BCUT2D eigenvalue weighted by molar-refractivity contribution is 7.15. The third-order valence-corrected chi connectivity index (χ3v) is 5.11. The average Bonchev–Trinajstić information content (AvgIpc) is 2.98. The van der Waals surface area contributed by atoms with Gasteiger partial charge in [-0.1, -0.05) is 12.1 Å². The van der Waals surface area contributed by atoms with Crippen molar-refractivity contribution in [1.82, 2.24) is 15.2 Å². The van der Waals surface area contributed by atoms with Gasteiger partial charge in [0.25, 0.3) is 0 Å². The number of carbonyl (C=O) groups is 1. The third kappa shape index (κ3) is 3.71. The highest BCUT2D eigenvalue weighted by atomic mass is 32.1. The molecule has 1 fully saturated rings. The van der Waals surface area contributed by atoms with Crippen molar-refractivity contribution in [1.29, 1.82) is 0 Å². The Balaban J connectivity index is 1.75. The first kappa shape index (κ1) is 16.0. The van der Waals surface area contributed by atoms with Crippen molar-refractivity contribution in [2.75, 3.05) is 20.2 Å². The zero-order chi connectivity index (χ0) is 16.2. The fraction of sp³-hybridized carbons (Fsp3) is 0.412. The number of para-hydroxylation sites is 1. The molecule has 2 heterocycles. The second-order valence-corrected chi connectivity index (χ2v) is 6.82. The summed E-state index contributed by atoms with van der Waals surface area (Å²) in [6.07, 6.45) is 2.49. The predicted molar refractivity (Wildman–Crippen MR) is 91.6 cm³/mol. The molecule has 1 atom stereocenters. The van der Waals surface area contributed by atoms with E-state index in [4.69, 9.17) is 4.74 Å². The lowest BCUT2D eigenvalue weighted by Crippen LogP contribution is -2.37. The Bertz CT molecular complexity index is 686. The summed E-state index contributed by atoms with van der Waals surface area (Å²) in [5.74, 6) is 0.977. The third-order valence-electron chi connectivity index (χ3n) is 4.09. The minimum Gasteiger partial charge on any atom is -0.496 e. The van der Waals surface area contributed by atoms with Gasteiger partial charge in [0.1, 0.15) is 10.8 Å². The van der Waals surface area contributed by atoms with Gasteiger partial charge < -0.3 is 10.1 Å². The maximum atomic E-state index is 11.5. The van der Waals surface area contributed by atoms with Gasteiger partial charge in [-0.3, -0.25) is 9.69 Å². The van der Waals surface area contributed by atoms with E-state index in [2.05, 4.69) is 22.1 Å². The Kier molecular flexibility index (Phi) is 4.93. The molecule has 122 valence electrons. The summed E-state index contributed by atoms with van der Waals surface area (Å²) >= 11 is 1.68. The Morgan fingerprint density at radius 1 is 1.43 bits per heavy atom. The molecule has 0 spiro atoms. The van der Waals surface area contributed by atoms with Gasteiger partial charge in [-0.2, -0.15) is 0 Å². The Morgan fingerprint density at radius 3 is 3.09 bits per heavy atom. The largest absolute Gasteiger partial charge is 0.496 e. The van der Waals surface area contributed by atoms with Gasteiger partial charge in [-0.05, 0) is 19.1 Å². The van der Waals surface area contributed by atoms with Crippen LogP contribution >= 0.6 is 11.3 Å². The average molecular weight is 331 g/mol. The first-order chi connectivity index (χ1) is 11.2. The summed E-state index contributed by atoms with van der Waals surface area (Å²) in [7, 11) is 1.68. The summed E-state index contributed by atoms with van der Waals surface area (Å²) in [6, 6.07) is 8.26. The highest BCUT2D eigenvalue weighted by Gasteiger charge is 2.21. The number of nitrogens with zero attached hydrogens (tertiary/aromatic N) is 2. The minimum absolute atomic E-state index is 0.137. The van der Waals surface area contributed by atoms with Crippen molar-refractivity contribution in [3.05, 3.63) is 35.3 Å². The van der Waals surface area contributed by atoms with E-state index in [9.17, 15) is 4.79 Å². The summed E-state index contributed by atoms with van der Waals surface area (Å²) < 4.78 is 5.41. The topological polar surface area (TPSA) is 54.5 Å². The van der Waals surface area contributed by atoms with Crippen LogP contribution < -0.4 is 10.1 Å². The van der Waals surface area contributed by atoms with Crippen molar-refractivity contribution < 1.29 is 9.53 Å². The number of hydrogen-bond donors (Lipinski definition) is 1. The SMILES string of the molecule is COc1ccccc1-c1ncc(CN2CCC(=O)NC[C@H]2C)s1. The second kappa shape index (κ2) is 7.10. The van der Waals surface area contributed by atoms with Gasteiger partial charge in [0.05, 0.1) is 12.7 Å². The summed E-state index contributed by atoms with van der Waals surface area (Å²) in [6.45, 7) is 4.46. The molecule has 23 heavy (non-hydrogen) atoms. The highest BCUT2D eigenvalue weighted by Crippen LogP contribution is 2.33. The first-order valence-electron chi connectivity index (χ1n) is 7.76. The molecule has 0 bridgehead atoms. The predicted octanol–water partition coefficient (Wildman–Crippen LogP) is 2.53. The Morgan fingerprint density at radius 2 is 2.26 bits per heavy atom. The number of carbonyl (C=O) groups excluding carboxylic acids is 1. The van der Waals surface area contributed by atoms with Crippen LogP contribution in [0.15, 0.2) is 30.5 Å². The molecule has 1 aromatic carbocycles. The van der Waals surface area contributed by atoms with Gasteiger partial charge >= 0.3 is 0 Å². The quantitative estimate of drug-likeness (QED) is 0.935. The molecule has 1 N–H and O–H groups in total. The van der Waals surface area contributed by atoms with Crippen molar-refractivity contribution in [2.45, 2.75) is 25.9 Å². The normalized spacial score (nSPS) is 19.2. The van der Waals surface area contributed by atoms with E-state index in [1.165, 1.54) is 4.88 Å². The van der Waals surface area contributed by atoms with Crippen LogP contribution in [0.1, 0.15) is 18.2 Å². The summed E-state index contributed by atoms with van der Waals surface area (Å²) in [5, 5.41) is 3.91. The van der Waals surface area contributed by atoms with Crippen LogP contribution in [0, 0.1) is 0 Å². The van der Waals surface area contributed by atoms with E-state index in [0.717, 1.165) is 29.4 Å². The number of nitrogens with one attached hydrogen (secondary N) is 1. The van der Waals surface area contributed by atoms with Crippen LogP contribution in [-0.4, -0.2) is 42.0 Å². The lowest BCUT2D eigenvalue weighted by molar-refractivity contribution is -0.120. The maximum Gasteiger partial charge on any atom is 0.221 e. The fourth-order valence-corrected chi connectivity index (χ4v) is 3.67. The van der Waals surface area contributed by atoms with Crippen LogP contribution in [0.25, 0.3) is 10.6 Å². The molecule has 0 saturated carbocycles. The lowest BCUT2D eigenvalue weighted by atomic mass is 10.2. The number of ether oxygens (including phenoxy) is 1. The standard InChI is InChI=1S/C17H21N3O2S/c1-12-9-18-16(21)7-8-20(12)11-13-10-19-17(23-13)14-5-3-4-6-15(14)22-2/h3-6,10,12H,7-9,11H2,1-2H3,(H,18,21)/t12-/m1/s1. The van der Waals surface area contributed by atoms with Gasteiger partial charge in [0.15, 0.2) is 0 Å². The van der Waals surface area contributed by atoms with Crippen molar-refractivity contribution in [3.8, 4) is 16.3 Å². The van der Waals surface area contributed by atoms with Gasteiger partial charge in [0, 0.05) is 43.2 Å². The van der Waals surface area contributed by atoms with Crippen molar-refractivity contribution >= 4 is 17.2 Å². The van der Waals surface area contributed by atoms with Crippen molar-refractivity contribution in [2.24, 2.45) is 0 Å². The lowest BCUT2D eigenvalue weighted by Gasteiger charge is -2.25. The Hall–Kier alpha value is -1.92. The Labute approximate surface area is 140 Å². The fourth-order valence-electron chi connectivity index (χ4n) is 2.71. The molecule has 2 aromatic rings. The smallest absolute Gasteiger partial charge is 0.221 e. The second-order valence-electron chi connectivity index (χ2n) is 5.71. The van der Waals surface area contributed by atoms with E-state index in [0.29, 0.717) is 19.0 Å². The zero-order valence-electron chi connectivity index (χ0n) is 13.4. The monoisotopic (exact) mass is 331 g/mol. The zero-order valence-corrected chi connectivity index (χ0v) is 14.2. The molecule has 1 aliphatic rings. The van der Waals surface area contributed by atoms with Gasteiger partial charge in [-0.15, -0.1) is 11.3 Å². The molecular formula is C17H21N3O2S. The molecule has 1 amide bonds. The van der Waals surface area contributed by atoms with E-state index in [-0.39, 0.29) is 5.91 Å². The number of benzene rings is 1. The van der Waals surface area contributed by atoms with Crippen LogP contribution in [0.2, 0.25) is 0 Å². The number of methoxy groups -OCH3 is 1. The minimum atomic E-state index is 0.137. The number of thiazole rings is 1. The van der Waals surface area contributed by atoms with Gasteiger partial charge in [0.2, 0.25) is 5.91 Å². The molecular weight excluding hydrogens is 310 g/mol. The molecule has 3 rings (SSSR count). The molecule has 0 unspecified atom stereocenters. The molecule has 1 aromatic heterocycles. The molecule has 5 nitrogen and oxygen atoms in total. The van der Waals surface area contributed by atoms with Crippen LogP contribution in [0.4, 0.5) is 0 Å². The molecule has 0 aliphatic carbocycles. The number of aromatic nitrogens is 1. The number of hydrogen-bond acceptors (Lipinski definition) is 5. The van der Waals surface area contributed by atoms with Crippen molar-refractivity contribution in [3.63, 3.8) is 0 Å². The molecule has 1 aliphatic heterocycles. The van der Waals surface area contributed by atoms with Gasteiger partial charge in [-0.25, -0.2) is 4.98 Å². The van der Waals surface area contributed by atoms with E-state index in [1.807, 2.05) is 30.5 Å². The van der Waals surface area contributed by atoms with Crippen LogP contribution in [-0.2, 0) is 11.3 Å². The molecule has 0 radical (unpaired) electrons. The number of amides is 1. The van der Waals surface area contributed by atoms with E-state index in [1.54, 1.807) is 18.4 Å². The van der Waals surface area contributed by atoms with E-state index < -0.39 is 0 Å².